The lowest BCUT2D eigenvalue weighted by Gasteiger charge is -2.70. The molecule has 0 amide bonds. The van der Waals surface area contributed by atoms with Gasteiger partial charge in [-0.1, -0.05) is 93.7 Å². The fourth-order valence-corrected chi connectivity index (χ4v) is 21.3. The van der Waals surface area contributed by atoms with E-state index in [1.807, 2.05) is 27.7 Å². The van der Waals surface area contributed by atoms with E-state index in [1.165, 1.54) is 13.8 Å². The van der Waals surface area contributed by atoms with Gasteiger partial charge in [-0.05, 0) is 136 Å². The average Bonchev–Trinajstić information content (AvgIpc) is 0.755. The van der Waals surface area contributed by atoms with Crippen LogP contribution in [0.15, 0.2) is 11.6 Å². The quantitative estimate of drug-likeness (QED) is 0.00695. The van der Waals surface area contributed by atoms with Crippen LogP contribution in [0.25, 0.3) is 0 Å². The number of carboxylic acid groups (broad SMARTS) is 1. The van der Waals surface area contributed by atoms with Gasteiger partial charge < -0.3 is 189 Å². The summed E-state index contributed by atoms with van der Waals surface area (Å²) in [4.78, 5) is 68.8. The summed E-state index contributed by atoms with van der Waals surface area (Å²) in [7, 11) is 0. The number of ether oxygens (including phenoxy) is 14. The maximum Gasteiger partial charge on any atom is 0.335 e. The minimum Gasteiger partial charge on any atom is -0.479 e. The Morgan fingerprint density at radius 1 is 0.617 bits per heavy atom. The minimum absolute atomic E-state index is 0.0981. The Morgan fingerprint density at radius 3 is 1.83 bits per heavy atom. The van der Waals surface area contributed by atoms with Crippen molar-refractivity contribution in [1.29, 1.82) is 0 Å². The molecule has 3 saturated carbocycles. The first-order chi connectivity index (χ1) is 59.7. The van der Waals surface area contributed by atoms with E-state index in [4.69, 9.17) is 66.3 Å². The number of carboxylic acids is 1. The van der Waals surface area contributed by atoms with Crippen LogP contribution in [0.3, 0.4) is 0 Å². The number of aldehydes is 1. The first kappa shape index (κ1) is 108. The lowest BCUT2D eigenvalue weighted by atomic mass is 9.35. The van der Waals surface area contributed by atoms with Crippen molar-refractivity contribution < 1.29 is 208 Å². The Kier molecular flexibility index (Phi) is 37.3. The van der Waals surface area contributed by atoms with Crippen LogP contribution >= 0.6 is 0 Å². The highest BCUT2D eigenvalue weighted by Gasteiger charge is 2.69. The number of aliphatic hydroxyl groups excluding tert-OH is 20. The lowest BCUT2D eigenvalue weighted by Crippen LogP contribution is -2.68. The molecule has 0 aromatic rings. The van der Waals surface area contributed by atoms with Gasteiger partial charge in [0.25, 0.3) is 0 Å². The van der Waals surface area contributed by atoms with E-state index >= 15 is 0 Å². The largest absolute Gasteiger partial charge is 0.479 e. The molecule has 0 aromatic heterocycles. The van der Waals surface area contributed by atoms with Crippen molar-refractivity contribution in [3.8, 4) is 0 Å². The highest BCUT2D eigenvalue weighted by atomic mass is 16.8. The van der Waals surface area contributed by atoms with Gasteiger partial charge in [0, 0.05) is 19.3 Å². The summed E-state index contributed by atoms with van der Waals surface area (Å²) in [5, 5.41) is 248. The van der Waals surface area contributed by atoms with Crippen molar-refractivity contribution in [1.82, 2.24) is 0 Å². The number of rotatable bonds is 42. The standard InChI is InChI=1S/C86H144O42/c1-14-36(3)48(118-55(97)28-43(92)27-49(37(4)15-2)119-78-63(105)59(101)50(33-88)120-78)26-42(91)29-56(98)122-67-39(6)117-79(71(65(67)107)127-77-64(106)60(102)68(40(7)116-77)128-86(113,114)73(109)38(5)90)123-54(96)17-16-22-81(8,9)30-41-25-44(93)31-85(13)45(41)18-19-52-82(10)23-21-53(83(11,35-89)51(82)20-24-84(52,85)12)121-80-72(124-75(112)61(103)57(99)46(94)32-87)69(66(108)70(126-80)74(110)111)125-76-62(104)58(100)47(95)34-115-76/h18,35-44,46-53,57-73,75-80,87-88,90-95,99-109,112-114H,14-17,19-34H2,1-13H3,(H,110,111)/t36-,37-,38?,39?,40?,41?,42-,43-,44-,46?,47+,48-,49-,50-,51?,52?,53-,57-,58?,59?,60?,61?,62?,63?,64?,65?,66-,67+,68-,69?,70?,71?,72?,73?,75+,76-,77-,78+,79-,80+,82-,83-,84+,85+/m0/s1. The molecule has 9 aliphatic rings. The molecule has 42 heteroatoms. The summed E-state index contributed by atoms with van der Waals surface area (Å²) in [5.74, 6) is -9.61. The Bertz CT molecular complexity index is 3600. The molecular formula is C86H144O42. The van der Waals surface area contributed by atoms with E-state index in [9.17, 15) is 141 Å². The molecule has 23 N–H and O–H groups in total. The van der Waals surface area contributed by atoms with Crippen LogP contribution in [-0.2, 0) is 90.3 Å². The molecule has 0 aromatic carbocycles. The van der Waals surface area contributed by atoms with Crippen molar-refractivity contribution >= 4 is 30.2 Å². The van der Waals surface area contributed by atoms with E-state index in [2.05, 4.69) is 26.8 Å². The number of carbonyl (C=O) groups excluding carboxylic acids is 4. The molecule has 0 spiro atoms. The first-order valence-electron chi connectivity index (χ1n) is 44.8. The zero-order valence-corrected chi connectivity index (χ0v) is 74.9. The maximum atomic E-state index is 14.3. The third kappa shape index (κ3) is 23.8. The van der Waals surface area contributed by atoms with E-state index in [-0.39, 0.29) is 49.9 Å². The molecule has 740 valence electrons. The number of fused-ring (bicyclic) bond motifs is 5. The van der Waals surface area contributed by atoms with Crippen LogP contribution in [0.4, 0.5) is 0 Å². The van der Waals surface area contributed by atoms with Gasteiger partial charge in [-0.25, -0.2) is 4.79 Å². The molecule has 44 atom stereocenters. The van der Waals surface area contributed by atoms with Crippen LogP contribution in [0.2, 0.25) is 0 Å². The Morgan fingerprint density at radius 2 is 1.22 bits per heavy atom. The number of aliphatic carboxylic acids is 1. The van der Waals surface area contributed by atoms with Gasteiger partial charge >= 0.3 is 29.9 Å². The predicted octanol–water partition coefficient (Wildman–Crippen LogP) is -3.84. The zero-order chi connectivity index (χ0) is 95.4. The fourth-order valence-electron chi connectivity index (χ4n) is 21.3. The highest BCUT2D eigenvalue weighted by Crippen LogP contribution is 2.74. The van der Waals surface area contributed by atoms with Crippen molar-refractivity contribution in [2.45, 2.75) is 420 Å². The molecule has 128 heavy (non-hydrogen) atoms. The smallest absolute Gasteiger partial charge is 0.335 e. The molecule has 9 rings (SSSR count). The second-order valence-corrected chi connectivity index (χ2v) is 39.0. The molecule has 20 unspecified atom stereocenters. The Balaban J connectivity index is 0.867. The van der Waals surface area contributed by atoms with Crippen molar-refractivity contribution in [3.63, 3.8) is 0 Å². The van der Waals surface area contributed by atoms with Crippen LogP contribution in [0.1, 0.15) is 199 Å². The molecule has 4 aliphatic carbocycles. The second-order valence-electron chi connectivity index (χ2n) is 39.0. The van der Waals surface area contributed by atoms with Gasteiger partial charge in [0.05, 0.1) is 86.9 Å². The average molecular weight is 1850 g/mol. The van der Waals surface area contributed by atoms with E-state index in [0.717, 1.165) is 18.8 Å². The monoisotopic (exact) mass is 1850 g/mol. The molecule has 5 saturated heterocycles. The summed E-state index contributed by atoms with van der Waals surface area (Å²) < 4.78 is 82.0. The summed E-state index contributed by atoms with van der Waals surface area (Å²) in [6.45, 7) is 20.7. The van der Waals surface area contributed by atoms with Crippen molar-refractivity contribution in [3.05, 3.63) is 11.6 Å². The third-order valence-corrected chi connectivity index (χ3v) is 29.4. The topological polar surface area (TPSA) is 680 Å². The summed E-state index contributed by atoms with van der Waals surface area (Å²) in [6.07, 6.45) is -56.3. The number of esters is 3. The van der Waals surface area contributed by atoms with Gasteiger partial charge in [0.1, 0.15) is 110 Å². The van der Waals surface area contributed by atoms with Crippen LogP contribution in [0, 0.1) is 56.7 Å². The maximum absolute atomic E-state index is 14.3. The summed E-state index contributed by atoms with van der Waals surface area (Å²) in [6, 6.07) is 0. The normalized spacial score (nSPS) is 41.7. The molecule has 5 heterocycles. The van der Waals surface area contributed by atoms with E-state index in [1.54, 1.807) is 20.8 Å². The molecule has 0 bridgehead atoms. The first-order valence-corrected chi connectivity index (χ1v) is 44.8. The Labute approximate surface area is 743 Å². The number of allylic oxidation sites excluding steroid dienone is 2. The highest BCUT2D eigenvalue weighted by molar-refractivity contribution is 5.73. The van der Waals surface area contributed by atoms with Crippen LogP contribution < -0.4 is 0 Å². The SMILES string of the molecule is CC[C@H](C)[C@H](C[C@H](O)CC(=O)O[C@@H]1C(C)O[C@@H](OC(=O)CCCC(C)(C)CC2C[C@H](O)C[C@]3(C)C2=CCC2[C@@]4(C)CC[C@H](O[C@@H]5OC(C(=O)O)[C@@H](O)C(O[C@@H]6OC[C@@H](O)C(O)C6O)C5O[C@@H](O)C(O)[C@@H](O)C(O)CO)[C@@](C)(C=O)C4CC[C@]23C)C(O[C@@H]2OC(C)[C@H](OC(O)(O)C(O)C(C)O)C(O)C2O)C1O)OC(=O)C[C@@H](O)C[C@H](O[C@@H]1O[C@@H](CO)C(O)C1O)[C@@H](C)CC. The van der Waals surface area contributed by atoms with Crippen molar-refractivity contribution in [2.75, 3.05) is 19.8 Å². The minimum atomic E-state index is -3.52. The lowest BCUT2D eigenvalue weighted by molar-refractivity contribution is -0.430. The van der Waals surface area contributed by atoms with Crippen LogP contribution in [-0.4, -0.2) is 388 Å². The molecule has 5 aliphatic heterocycles. The number of aliphatic hydroxyl groups is 22. The van der Waals surface area contributed by atoms with Gasteiger partial charge in [-0.15, -0.1) is 0 Å². The fraction of sp³-hybridized carbons (Fsp3) is 0.919. The summed E-state index contributed by atoms with van der Waals surface area (Å²) in [5.41, 5.74) is -2.63. The van der Waals surface area contributed by atoms with Gasteiger partial charge in [-0.2, -0.15) is 0 Å². The molecular weight excluding hydrogens is 1700 g/mol. The van der Waals surface area contributed by atoms with Gasteiger partial charge in [-0.3, -0.25) is 14.4 Å². The number of carbonyl (C=O) groups is 5. The van der Waals surface area contributed by atoms with Gasteiger partial charge in [0.15, 0.2) is 55.9 Å². The molecule has 8 fully saturated rings. The predicted molar refractivity (Wildman–Crippen MR) is 433 cm³/mol. The number of hydrogen-bond acceptors (Lipinski definition) is 41. The third-order valence-electron chi connectivity index (χ3n) is 29.4. The van der Waals surface area contributed by atoms with Gasteiger partial charge in [0.2, 0.25) is 6.29 Å². The number of hydrogen-bond donors (Lipinski definition) is 23. The molecule has 0 radical (unpaired) electrons. The van der Waals surface area contributed by atoms with Crippen LogP contribution in [0.5, 0.6) is 0 Å². The van der Waals surface area contributed by atoms with E-state index < -0.39 is 316 Å². The second kappa shape index (κ2) is 44.4. The summed E-state index contributed by atoms with van der Waals surface area (Å²) >= 11 is 0. The Hall–Kier alpha value is -4.03. The van der Waals surface area contributed by atoms with Crippen molar-refractivity contribution in [2.24, 2.45) is 56.7 Å². The zero-order valence-electron chi connectivity index (χ0n) is 74.9. The van der Waals surface area contributed by atoms with E-state index in [0.29, 0.717) is 64.2 Å². The molecule has 42 nitrogen and oxygen atoms in total.